The summed E-state index contributed by atoms with van der Waals surface area (Å²) in [6, 6.07) is 21.0. The van der Waals surface area contributed by atoms with Gasteiger partial charge in [0.15, 0.2) is 0 Å². The molecule has 0 bridgehead atoms. The molecular weight excluding hydrogens is 350 g/mol. The van der Waals surface area contributed by atoms with Crippen molar-refractivity contribution in [3.05, 3.63) is 66.4 Å². The van der Waals surface area contributed by atoms with Gasteiger partial charge in [-0.1, -0.05) is 50.0 Å². The van der Waals surface area contributed by atoms with E-state index in [1.807, 2.05) is 48.7 Å². The van der Waals surface area contributed by atoms with Gasteiger partial charge in [-0.15, -0.1) is 0 Å². The molecule has 3 aromatic rings. The average molecular weight is 376 g/mol. The fourth-order valence-electron chi connectivity index (χ4n) is 2.80. The molecule has 0 amide bonds. The molecular formula is C22H25N3OSi. The molecule has 0 aliphatic rings. The molecule has 1 heterocycles. The van der Waals surface area contributed by atoms with Gasteiger partial charge in [-0.3, -0.25) is 4.57 Å². The lowest BCUT2D eigenvalue weighted by Gasteiger charge is -2.17. The van der Waals surface area contributed by atoms with E-state index < -0.39 is 8.07 Å². The Hall–Kier alpha value is -2.68. The second-order valence-corrected chi connectivity index (χ2v) is 13.4. The van der Waals surface area contributed by atoms with Crippen LogP contribution in [-0.4, -0.2) is 24.2 Å². The van der Waals surface area contributed by atoms with Crippen LogP contribution in [0, 0.1) is 11.3 Å². The van der Waals surface area contributed by atoms with Gasteiger partial charge in [0, 0.05) is 20.2 Å². The molecule has 0 aliphatic heterocycles. The molecule has 1 aromatic heterocycles. The molecule has 4 nitrogen and oxygen atoms in total. The molecule has 138 valence electrons. The fraction of sp³-hybridized carbons (Fsp3) is 0.273. The maximum Gasteiger partial charge on any atom is 0.142 e. The van der Waals surface area contributed by atoms with E-state index in [0.29, 0.717) is 12.3 Å². The van der Waals surface area contributed by atoms with Crippen molar-refractivity contribution in [1.82, 2.24) is 9.55 Å². The van der Waals surface area contributed by atoms with Crippen LogP contribution < -0.4 is 0 Å². The zero-order chi connectivity index (χ0) is 19.3. The van der Waals surface area contributed by atoms with Crippen LogP contribution in [0.5, 0.6) is 0 Å². The van der Waals surface area contributed by atoms with Gasteiger partial charge in [-0.25, -0.2) is 4.98 Å². The SMILES string of the molecule is C[Si](C)(C)CCOCn1c(-c2ccccc2)cnc1-c1ccc(C#N)cc1. The lowest BCUT2D eigenvalue weighted by molar-refractivity contribution is 0.0893. The molecule has 0 radical (unpaired) electrons. The van der Waals surface area contributed by atoms with E-state index in [-0.39, 0.29) is 0 Å². The number of ether oxygens (including phenoxy) is 1. The number of benzene rings is 2. The Balaban J connectivity index is 1.90. The number of nitriles is 1. The van der Waals surface area contributed by atoms with Gasteiger partial charge >= 0.3 is 0 Å². The lowest BCUT2D eigenvalue weighted by Crippen LogP contribution is -2.22. The van der Waals surface area contributed by atoms with Crippen LogP contribution >= 0.6 is 0 Å². The molecule has 0 fully saturated rings. The molecule has 0 aliphatic carbocycles. The van der Waals surface area contributed by atoms with Gasteiger partial charge in [0.25, 0.3) is 0 Å². The van der Waals surface area contributed by atoms with Gasteiger partial charge < -0.3 is 4.74 Å². The third-order valence-corrected chi connectivity index (χ3v) is 6.12. The highest BCUT2D eigenvalue weighted by Crippen LogP contribution is 2.27. The summed E-state index contributed by atoms with van der Waals surface area (Å²) in [6.45, 7) is 8.28. The summed E-state index contributed by atoms with van der Waals surface area (Å²) < 4.78 is 8.14. The third kappa shape index (κ3) is 4.94. The normalized spacial score (nSPS) is 11.3. The minimum atomic E-state index is -1.13. The maximum atomic E-state index is 9.03. The Morgan fingerprint density at radius 3 is 2.33 bits per heavy atom. The summed E-state index contributed by atoms with van der Waals surface area (Å²) in [4.78, 5) is 4.65. The fourth-order valence-corrected chi connectivity index (χ4v) is 3.56. The maximum absolute atomic E-state index is 9.03. The molecule has 0 N–H and O–H groups in total. The third-order valence-electron chi connectivity index (χ3n) is 4.41. The highest BCUT2D eigenvalue weighted by molar-refractivity contribution is 6.76. The molecule has 0 saturated heterocycles. The van der Waals surface area contributed by atoms with E-state index in [0.717, 1.165) is 35.3 Å². The first-order valence-corrected chi connectivity index (χ1v) is 12.9. The molecule has 2 aromatic carbocycles. The first kappa shape index (κ1) is 19.1. The number of hydrogen-bond donors (Lipinski definition) is 0. The Morgan fingerprint density at radius 2 is 1.70 bits per heavy atom. The van der Waals surface area contributed by atoms with Crippen molar-refractivity contribution in [2.75, 3.05) is 6.61 Å². The number of rotatable bonds is 7. The second kappa shape index (κ2) is 8.34. The quantitative estimate of drug-likeness (QED) is 0.410. The Bertz CT molecular complexity index is 919. The molecule has 3 rings (SSSR count). The van der Waals surface area contributed by atoms with E-state index in [4.69, 9.17) is 10.00 Å². The van der Waals surface area contributed by atoms with E-state index in [2.05, 4.69) is 47.4 Å². The van der Waals surface area contributed by atoms with Crippen LogP contribution in [0.25, 0.3) is 22.6 Å². The summed E-state index contributed by atoms with van der Waals surface area (Å²) in [7, 11) is -1.13. The highest BCUT2D eigenvalue weighted by Gasteiger charge is 2.15. The van der Waals surface area contributed by atoms with Crippen molar-refractivity contribution >= 4 is 8.07 Å². The number of nitrogens with zero attached hydrogens (tertiary/aromatic N) is 3. The van der Waals surface area contributed by atoms with Crippen LogP contribution in [0.15, 0.2) is 60.8 Å². The lowest BCUT2D eigenvalue weighted by atomic mass is 10.1. The monoisotopic (exact) mass is 375 g/mol. The van der Waals surface area contributed by atoms with E-state index in [1.54, 1.807) is 0 Å². The molecule has 0 unspecified atom stereocenters. The van der Waals surface area contributed by atoms with Crippen LogP contribution in [0.4, 0.5) is 0 Å². The van der Waals surface area contributed by atoms with Crippen LogP contribution in [0.1, 0.15) is 5.56 Å². The molecule has 0 atom stereocenters. The minimum Gasteiger partial charge on any atom is -0.361 e. The van der Waals surface area contributed by atoms with Crippen molar-refractivity contribution in [1.29, 1.82) is 5.26 Å². The Morgan fingerprint density at radius 1 is 1.00 bits per heavy atom. The van der Waals surface area contributed by atoms with Crippen molar-refractivity contribution < 1.29 is 4.74 Å². The molecule has 5 heteroatoms. The first-order valence-electron chi connectivity index (χ1n) is 9.17. The Labute approximate surface area is 162 Å². The molecule has 0 spiro atoms. The number of hydrogen-bond acceptors (Lipinski definition) is 3. The smallest absolute Gasteiger partial charge is 0.142 e. The summed E-state index contributed by atoms with van der Waals surface area (Å²) in [6.07, 6.45) is 1.89. The van der Waals surface area contributed by atoms with Gasteiger partial charge in [-0.2, -0.15) is 5.26 Å². The van der Waals surface area contributed by atoms with E-state index >= 15 is 0 Å². The number of imidazole rings is 1. The minimum absolute atomic E-state index is 0.462. The Kier molecular flexibility index (Phi) is 5.90. The summed E-state index contributed by atoms with van der Waals surface area (Å²) >= 11 is 0. The van der Waals surface area contributed by atoms with Crippen molar-refractivity contribution in [3.63, 3.8) is 0 Å². The van der Waals surface area contributed by atoms with E-state index in [9.17, 15) is 0 Å². The number of aromatic nitrogens is 2. The van der Waals surface area contributed by atoms with Gasteiger partial charge in [-0.05, 0) is 35.9 Å². The zero-order valence-corrected chi connectivity index (χ0v) is 17.1. The first-order chi connectivity index (χ1) is 13.0. The molecule has 0 saturated carbocycles. The average Bonchev–Trinajstić information content (AvgIpc) is 3.09. The van der Waals surface area contributed by atoms with E-state index in [1.165, 1.54) is 0 Å². The largest absolute Gasteiger partial charge is 0.361 e. The van der Waals surface area contributed by atoms with Gasteiger partial charge in [0.1, 0.15) is 12.6 Å². The standard InChI is InChI=1S/C22H25N3OSi/c1-27(2,3)14-13-26-17-25-21(19-7-5-4-6-8-19)16-24-22(25)20-11-9-18(15-23)10-12-20/h4-12,16H,13-14,17H2,1-3H3. The predicted molar refractivity (Wildman–Crippen MR) is 112 cm³/mol. The van der Waals surface area contributed by atoms with Crippen LogP contribution in [0.2, 0.25) is 25.7 Å². The van der Waals surface area contributed by atoms with Crippen molar-refractivity contribution in [2.45, 2.75) is 32.4 Å². The zero-order valence-electron chi connectivity index (χ0n) is 16.1. The topological polar surface area (TPSA) is 50.8 Å². The second-order valence-electron chi connectivity index (χ2n) is 7.80. The van der Waals surface area contributed by atoms with Gasteiger partial charge in [0.05, 0.1) is 23.5 Å². The molecule has 27 heavy (non-hydrogen) atoms. The van der Waals surface area contributed by atoms with Gasteiger partial charge in [0.2, 0.25) is 0 Å². The summed E-state index contributed by atoms with van der Waals surface area (Å²) in [5.74, 6) is 0.853. The predicted octanol–water partition coefficient (Wildman–Crippen LogP) is 5.40. The van der Waals surface area contributed by atoms with Crippen molar-refractivity contribution in [2.24, 2.45) is 0 Å². The summed E-state index contributed by atoms with van der Waals surface area (Å²) in [5.41, 5.74) is 3.76. The van der Waals surface area contributed by atoms with Crippen molar-refractivity contribution in [3.8, 4) is 28.7 Å². The van der Waals surface area contributed by atoms with Crippen LogP contribution in [-0.2, 0) is 11.5 Å². The summed E-state index contributed by atoms with van der Waals surface area (Å²) in [5, 5.41) is 9.03. The van der Waals surface area contributed by atoms with Crippen LogP contribution in [0.3, 0.4) is 0 Å². The highest BCUT2D eigenvalue weighted by atomic mass is 28.3.